The maximum atomic E-state index is 14.2. The summed E-state index contributed by atoms with van der Waals surface area (Å²) in [4.78, 5) is 27.2. The summed E-state index contributed by atoms with van der Waals surface area (Å²) in [6, 6.07) is 51.6. The molecule has 9 heterocycles. The third-order valence-electron chi connectivity index (χ3n) is 23.9. The van der Waals surface area contributed by atoms with Gasteiger partial charge in [0, 0.05) is 95.0 Å². The number of aromatic nitrogens is 4. The molecule has 38 heteroatoms. The minimum absolute atomic E-state index is 0.0333. The number of phosphoric ester groups is 1. The highest BCUT2D eigenvalue weighted by Gasteiger charge is 2.50. The number of nitrogens with zero attached hydrogens (tertiary/aromatic N) is 3. The Kier molecular flexibility index (Phi) is 33.9. The van der Waals surface area contributed by atoms with Crippen LogP contribution in [0.5, 0.6) is 0 Å². The molecule has 131 heavy (non-hydrogen) atoms. The van der Waals surface area contributed by atoms with Crippen LogP contribution in [0.15, 0.2) is 146 Å². The predicted octanol–water partition coefficient (Wildman–Crippen LogP) is -3.30. The lowest BCUT2D eigenvalue weighted by atomic mass is 9.83. The number of hydrogen-bond acceptors (Lipinski definition) is 29. The Balaban J connectivity index is 0.751. The first-order valence-corrected chi connectivity index (χ1v) is 45.3. The quantitative estimate of drug-likeness (QED) is 0.0102. The number of aliphatic hydroxyl groups is 16. The SMILES string of the molecule is C[N+](C)(C)Cc1ccc(C2=c3ccc([nH]3)=C(c3ccc(COCCOCCOP(=O)(O)OCC(C(COC4OC(CO)C(O)C(O)C4O)COC4OC(CO)C(O)C(O)C4O)C(COC4OC(CO)C(O)C(O)C4O)COC4OC(CO)C(O)C(O)C4O)cc3)c3ccc([nH]3)C(c3ccc(C[N+](C)(C)C)cc3)=c3ccc([nH]3)=C(c3ccc(C[N+](C)(C)C)cc3)c3ccc2[nH]3)cc1. The molecule has 4 aromatic carbocycles. The molecule has 0 radical (unpaired) electrons. The monoisotopic (exact) mass is 1850 g/mol. The molecule has 5 aliphatic rings. The third-order valence-corrected chi connectivity index (χ3v) is 24.9. The number of aliphatic hydroxyl groups excluding tert-OH is 16. The fraction of sp³-hybridized carbons (Fsp3) is 0.527. The molecule has 8 aromatic rings. The summed E-state index contributed by atoms with van der Waals surface area (Å²) in [5.74, 6) is -4.53. The molecule has 4 aromatic heterocycles. The van der Waals surface area contributed by atoms with Gasteiger partial charge in [-0.05, 0) is 82.3 Å². The van der Waals surface area contributed by atoms with Crippen LogP contribution in [0.3, 0.4) is 0 Å². The van der Waals surface area contributed by atoms with Crippen molar-refractivity contribution in [2.75, 3.05) is 149 Å². The van der Waals surface area contributed by atoms with Crippen LogP contribution in [0.1, 0.15) is 67.3 Å². The average molecular weight is 1860 g/mol. The van der Waals surface area contributed by atoms with E-state index in [4.69, 9.17) is 56.4 Å². The Bertz CT molecular complexity index is 5140. The summed E-state index contributed by atoms with van der Waals surface area (Å²) in [5, 5.41) is 174. The lowest BCUT2D eigenvalue weighted by Gasteiger charge is -2.43. The van der Waals surface area contributed by atoms with Crippen molar-refractivity contribution in [2.45, 2.75) is 149 Å². The summed E-state index contributed by atoms with van der Waals surface area (Å²) in [7, 11) is 14.3. The number of H-pyrrole nitrogens is 4. The van der Waals surface area contributed by atoms with Gasteiger partial charge in [0.2, 0.25) is 0 Å². The Labute approximate surface area is 758 Å². The van der Waals surface area contributed by atoms with E-state index in [9.17, 15) is 91.2 Å². The number of hydrogen-bond donors (Lipinski definition) is 21. The van der Waals surface area contributed by atoms with Crippen LogP contribution in [0.25, 0.3) is 22.3 Å². The van der Waals surface area contributed by atoms with Gasteiger partial charge in [-0.2, -0.15) is 0 Å². The van der Waals surface area contributed by atoms with Crippen LogP contribution in [-0.4, -0.2) is 392 Å². The molecule has 21 atom stereocenters. The molecule has 21 N–H and O–H groups in total. The number of rotatable bonds is 40. The highest BCUT2D eigenvalue weighted by atomic mass is 31.2. The van der Waals surface area contributed by atoms with Gasteiger partial charge in [0.1, 0.15) is 117 Å². The lowest BCUT2D eigenvalue weighted by Crippen LogP contribution is -2.60. The van der Waals surface area contributed by atoms with Crippen LogP contribution >= 0.6 is 7.82 Å². The van der Waals surface area contributed by atoms with Crippen LogP contribution in [-0.2, 0) is 87.2 Å². The second kappa shape index (κ2) is 44.1. The number of aromatic amines is 4. The fourth-order valence-corrected chi connectivity index (χ4v) is 17.8. The molecule has 37 nitrogen and oxygen atoms in total. The molecule has 13 rings (SSSR count). The molecule has 718 valence electrons. The highest BCUT2D eigenvalue weighted by Crippen LogP contribution is 2.45. The number of quaternary nitrogens is 3. The number of fused-ring (bicyclic) bond motifs is 8. The molecule has 0 saturated carbocycles. The zero-order chi connectivity index (χ0) is 94.1. The van der Waals surface area contributed by atoms with Crippen molar-refractivity contribution in [3.63, 3.8) is 0 Å². The molecule has 4 fully saturated rings. The van der Waals surface area contributed by atoms with Gasteiger partial charge in [0.05, 0.1) is 156 Å². The van der Waals surface area contributed by atoms with Crippen molar-refractivity contribution in [3.8, 4) is 0 Å². The Hall–Kier alpha value is -7.57. The van der Waals surface area contributed by atoms with Crippen molar-refractivity contribution in [1.82, 2.24) is 19.9 Å². The lowest BCUT2D eigenvalue weighted by molar-refractivity contribution is -0.884. The van der Waals surface area contributed by atoms with Gasteiger partial charge in [-0.25, -0.2) is 4.57 Å². The molecule has 5 aliphatic heterocycles. The molecule has 4 saturated heterocycles. The number of phosphoric acid groups is 1. The fourth-order valence-electron chi connectivity index (χ4n) is 17.1. The topological polar surface area (TPSA) is 535 Å². The molecular formula is C93H129N7O30P+3. The molecule has 0 aliphatic carbocycles. The highest BCUT2D eigenvalue weighted by molar-refractivity contribution is 7.47. The molecular weight excluding hydrogens is 1730 g/mol. The van der Waals surface area contributed by atoms with Crippen molar-refractivity contribution in [1.29, 1.82) is 0 Å². The molecule has 8 bridgehead atoms. The van der Waals surface area contributed by atoms with Gasteiger partial charge < -0.3 is 167 Å². The first-order valence-electron chi connectivity index (χ1n) is 43.8. The number of benzene rings is 4. The summed E-state index contributed by atoms with van der Waals surface area (Å²) >= 11 is 0. The van der Waals surface area contributed by atoms with E-state index in [1.54, 1.807) is 0 Å². The first kappa shape index (κ1) is 101. The normalized spacial score (nSPS) is 28.2. The van der Waals surface area contributed by atoms with Crippen LogP contribution in [0.4, 0.5) is 0 Å². The molecule has 0 amide bonds. The maximum absolute atomic E-state index is 14.2. The van der Waals surface area contributed by atoms with E-state index in [-0.39, 0.29) is 26.4 Å². The number of nitrogens with one attached hydrogen (secondary N) is 4. The number of ether oxygens (including phenoxy) is 10. The zero-order valence-electron chi connectivity index (χ0n) is 74.9. The Morgan fingerprint density at radius 2 is 0.573 bits per heavy atom. The predicted molar refractivity (Wildman–Crippen MR) is 471 cm³/mol. The van der Waals surface area contributed by atoms with E-state index in [0.717, 1.165) is 127 Å². The largest absolute Gasteiger partial charge is 0.472 e. The van der Waals surface area contributed by atoms with E-state index in [1.807, 2.05) is 24.3 Å². The van der Waals surface area contributed by atoms with Gasteiger partial charge in [0.25, 0.3) is 0 Å². The van der Waals surface area contributed by atoms with Crippen molar-refractivity contribution in [2.24, 2.45) is 17.8 Å². The summed E-state index contributed by atoms with van der Waals surface area (Å²) < 4.78 is 86.2. The van der Waals surface area contributed by atoms with E-state index in [2.05, 4.69) is 205 Å². The minimum Gasteiger partial charge on any atom is -0.394 e. The summed E-state index contributed by atoms with van der Waals surface area (Å²) in [5.41, 5.74) is 15.8. The van der Waals surface area contributed by atoms with E-state index >= 15 is 0 Å². The second-order valence-corrected chi connectivity index (χ2v) is 38.8. The van der Waals surface area contributed by atoms with Crippen LogP contribution in [0, 0.1) is 17.8 Å². The molecule has 21 unspecified atom stereocenters. The van der Waals surface area contributed by atoms with Crippen molar-refractivity contribution < 1.29 is 161 Å². The van der Waals surface area contributed by atoms with Gasteiger partial charge in [-0.3, -0.25) is 9.05 Å². The van der Waals surface area contributed by atoms with Crippen molar-refractivity contribution >= 4 is 30.1 Å². The third kappa shape index (κ3) is 25.2. The van der Waals surface area contributed by atoms with Crippen LogP contribution in [0.2, 0.25) is 0 Å². The van der Waals surface area contributed by atoms with Gasteiger partial charge >= 0.3 is 7.82 Å². The van der Waals surface area contributed by atoms with Gasteiger partial charge in [-0.1, -0.05) is 97.1 Å². The Morgan fingerprint density at radius 1 is 0.313 bits per heavy atom. The van der Waals surface area contributed by atoms with Crippen molar-refractivity contribution in [3.05, 3.63) is 234 Å². The first-order chi connectivity index (χ1) is 62.3. The van der Waals surface area contributed by atoms with Gasteiger partial charge in [-0.15, -0.1) is 0 Å². The van der Waals surface area contributed by atoms with E-state index < -0.39 is 214 Å². The standard InChI is InChI=1S/C93H128N7O30P/c1-98(2,3)38-51-10-18-55(19-11-51)74-62-26-28-64(94-62)75(56-20-12-52(13-21-56)39-99(4,5)6)66-30-32-68(96-66)77(69-33-31-67(97-69)76(65-29-27-63(74)95-65)57-22-14-53(15-23-57)40-100(7,8)9)58-24-16-54(17-25-58)45-120-35-34-119-36-37-125-131(117,118)126-50-61(59(46-121-90-86(113)82(109)78(105)70(41-101)127-90)47-122-91-87(114)83(110)79(106)71(42-102)128-91)60(48-123-92-88(115)84(111)80(107)72(43-103)129-92)49-124-93-89(116)85(112)81(108)73(44-104)130-93/h10-33,59-61,70-73,78-97,101-116H,34-50H2,1-9H3/q+2/p+1. The second-order valence-electron chi connectivity index (χ2n) is 37.3. The summed E-state index contributed by atoms with van der Waals surface area (Å²) in [6.07, 6.45) is -37.3. The van der Waals surface area contributed by atoms with E-state index in [1.165, 1.54) is 16.7 Å². The average Bonchev–Trinajstić information content (AvgIpc) is 1.61. The smallest absolute Gasteiger partial charge is 0.394 e. The maximum Gasteiger partial charge on any atom is 0.472 e. The van der Waals surface area contributed by atoms with Gasteiger partial charge in [0.15, 0.2) is 25.2 Å². The summed E-state index contributed by atoms with van der Waals surface area (Å²) in [6.45, 7) is -6.04. The minimum atomic E-state index is -5.29. The van der Waals surface area contributed by atoms with E-state index in [0.29, 0.717) is 0 Å². The zero-order valence-corrected chi connectivity index (χ0v) is 75.7. The molecule has 0 spiro atoms. The Morgan fingerprint density at radius 3 is 0.840 bits per heavy atom. The van der Waals surface area contributed by atoms with Crippen LogP contribution < -0.4 is 21.4 Å².